The molecule has 7 nitrogen and oxygen atoms in total. The van der Waals surface area contributed by atoms with Crippen LogP contribution in [0.3, 0.4) is 0 Å². The van der Waals surface area contributed by atoms with E-state index >= 15 is 0 Å². The molecule has 0 aliphatic carbocycles. The molecule has 2 heterocycles. The topological polar surface area (TPSA) is 110 Å². The van der Waals surface area contributed by atoms with Gasteiger partial charge in [-0.2, -0.15) is 0 Å². The monoisotopic (exact) mass is 271 g/mol. The lowest BCUT2D eigenvalue weighted by atomic mass is 10.2. The number of aromatic nitrogens is 3. The molecule has 0 unspecified atom stereocenters. The van der Waals surface area contributed by atoms with Gasteiger partial charge in [-0.1, -0.05) is 5.16 Å². The van der Waals surface area contributed by atoms with Gasteiger partial charge in [0.1, 0.15) is 0 Å². The molecular weight excluding hydrogens is 258 g/mol. The van der Waals surface area contributed by atoms with Gasteiger partial charge in [0.25, 0.3) is 5.56 Å². The molecule has 4 N–H and O–H groups in total. The number of hydrogen-bond donors (Lipinski definition) is 3. The molecule has 0 saturated heterocycles. The third-order valence-electron chi connectivity index (χ3n) is 2.84. The van der Waals surface area contributed by atoms with Crippen LogP contribution in [0.2, 0.25) is 0 Å². The molecule has 20 heavy (non-hydrogen) atoms. The Bertz CT molecular complexity index is 821. The lowest BCUT2D eigenvalue weighted by Gasteiger charge is -2.04. The molecule has 0 spiro atoms. The molecule has 3 rings (SSSR count). The molecule has 0 aliphatic rings. The molecule has 0 fully saturated rings. The smallest absolute Gasteiger partial charge is 0.260 e. The van der Waals surface area contributed by atoms with E-state index in [1.165, 1.54) is 0 Å². The van der Waals surface area contributed by atoms with Crippen molar-refractivity contribution < 1.29 is 4.52 Å². The van der Waals surface area contributed by atoms with E-state index in [1.54, 1.807) is 18.2 Å². The number of nitrogens with one attached hydrogen (secondary N) is 2. The van der Waals surface area contributed by atoms with Gasteiger partial charge in [0.15, 0.2) is 5.76 Å². The van der Waals surface area contributed by atoms with Gasteiger partial charge in [-0.15, -0.1) is 0 Å². The van der Waals surface area contributed by atoms with Crippen LogP contribution in [0.15, 0.2) is 33.6 Å². The maximum Gasteiger partial charge on any atom is 0.260 e. The van der Waals surface area contributed by atoms with Crippen LogP contribution in [0, 0.1) is 6.92 Å². The van der Waals surface area contributed by atoms with Crippen LogP contribution in [0.4, 0.5) is 11.6 Å². The molecule has 1 aromatic carbocycles. The molecule has 102 valence electrons. The van der Waals surface area contributed by atoms with Gasteiger partial charge in [0, 0.05) is 11.8 Å². The van der Waals surface area contributed by atoms with E-state index < -0.39 is 0 Å². The maximum atomic E-state index is 11.9. The van der Waals surface area contributed by atoms with Crippen LogP contribution in [-0.4, -0.2) is 15.1 Å². The summed E-state index contributed by atoms with van der Waals surface area (Å²) in [5.74, 6) is 1.05. The number of hydrogen-bond acceptors (Lipinski definition) is 6. The summed E-state index contributed by atoms with van der Waals surface area (Å²) in [5, 5.41) is 7.24. The number of fused-ring (bicyclic) bond motifs is 1. The number of H-pyrrole nitrogens is 1. The van der Waals surface area contributed by atoms with Crippen molar-refractivity contribution in [3.63, 3.8) is 0 Å². The van der Waals surface area contributed by atoms with Crippen LogP contribution in [0.5, 0.6) is 0 Å². The van der Waals surface area contributed by atoms with Gasteiger partial charge < -0.3 is 15.6 Å². The lowest BCUT2D eigenvalue weighted by molar-refractivity contribution is 0.384. The van der Waals surface area contributed by atoms with Gasteiger partial charge in [0.05, 0.1) is 23.1 Å². The summed E-state index contributed by atoms with van der Waals surface area (Å²) in [6, 6.07) is 6.83. The van der Waals surface area contributed by atoms with Gasteiger partial charge in [-0.05, 0) is 25.1 Å². The minimum absolute atomic E-state index is 0.237. The van der Waals surface area contributed by atoms with E-state index in [-0.39, 0.29) is 5.56 Å². The number of rotatable bonds is 3. The summed E-state index contributed by atoms with van der Waals surface area (Å²) in [6.07, 6.45) is 0. The first-order chi connectivity index (χ1) is 9.61. The number of nitrogens with two attached hydrogens (primary N) is 1. The Balaban J connectivity index is 1.89. The van der Waals surface area contributed by atoms with E-state index in [0.717, 1.165) is 5.69 Å². The van der Waals surface area contributed by atoms with Crippen molar-refractivity contribution in [1.29, 1.82) is 0 Å². The molecule has 0 radical (unpaired) electrons. The van der Waals surface area contributed by atoms with E-state index in [1.807, 2.05) is 13.0 Å². The second-order valence-corrected chi connectivity index (χ2v) is 4.48. The molecule has 0 amide bonds. The fourth-order valence-corrected chi connectivity index (χ4v) is 1.91. The van der Waals surface area contributed by atoms with Crippen molar-refractivity contribution in [3.8, 4) is 0 Å². The minimum Gasteiger partial charge on any atom is -0.399 e. The lowest BCUT2D eigenvalue weighted by Crippen LogP contribution is -2.13. The summed E-state index contributed by atoms with van der Waals surface area (Å²) in [5.41, 5.74) is 7.33. The zero-order chi connectivity index (χ0) is 14.1. The fourth-order valence-electron chi connectivity index (χ4n) is 1.91. The normalized spacial score (nSPS) is 10.8. The molecule has 0 aliphatic heterocycles. The molecule has 0 atom stereocenters. The number of anilines is 2. The Morgan fingerprint density at radius 1 is 1.40 bits per heavy atom. The average Bonchev–Trinajstić information content (AvgIpc) is 2.83. The molecular formula is C13H13N5O2. The number of aryl methyl sites for hydroxylation is 1. The highest BCUT2D eigenvalue weighted by Crippen LogP contribution is 2.13. The molecule has 2 aromatic heterocycles. The van der Waals surface area contributed by atoms with Crippen molar-refractivity contribution in [2.24, 2.45) is 0 Å². The predicted molar refractivity (Wildman–Crippen MR) is 75.3 cm³/mol. The van der Waals surface area contributed by atoms with Gasteiger partial charge in [0.2, 0.25) is 5.95 Å². The Morgan fingerprint density at radius 3 is 3.00 bits per heavy atom. The number of aromatic amines is 1. The van der Waals surface area contributed by atoms with Gasteiger partial charge >= 0.3 is 0 Å². The highest BCUT2D eigenvalue weighted by Gasteiger charge is 2.05. The van der Waals surface area contributed by atoms with Crippen molar-refractivity contribution in [2.45, 2.75) is 13.5 Å². The van der Waals surface area contributed by atoms with Crippen molar-refractivity contribution in [1.82, 2.24) is 15.1 Å². The summed E-state index contributed by atoms with van der Waals surface area (Å²) in [7, 11) is 0. The van der Waals surface area contributed by atoms with Crippen molar-refractivity contribution in [3.05, 3.63) is 46.1 Å². The number of nitrogen functional groups attached to an aromatic ring is 1. The van der Waals surface area contributed by atoms with Crippen molar-refractivity contribution in [2.75, 3.05) is 11.1 Å². The third kappa shape index (κ3) is 2.33. The van der Waals surface area contributed by atoms with Crippen molar-refractivity contribution >= 4 is 22.5 Å². The quantitative estimate of drug-likeness (QED) is 0.621. The third-order valence-corrected chi connectivity index (χ3v) is 2.84. The second kappa shape index (κ2) is 4.69. The van der Waals surface area contributed by atoms with Crippen LogP contribution in [0.25, 0.3) is 10.9 Å². The van der Waals surface area contributed by atoms with Gasteiger partial charge in [-0.25, -0.2) is 4.98 Å². The van der Waals surface area contributed by atoms with E-state index in [2.05, 4.69) is 20.4 Å². The number of benzene rings is 1. The molecule has 0 bridgehead atoms. The average molecular weight is 271 g/mol. The Morgan fingerprint density at radius 2 is 2.25 bits per heavy atom. The first kappa shape index (κ1) is 12.2. The Kier molecular flexibility index (Phi) is 2.86. The summed E-state index contributed by atoms with van der Waals surface area (Å²) in [6.45, 7) is 2.23. The summed E-state index contributed by atoms with van der Waals surface area (Å²) in [4.78, 5) is 18.9. The van der Waals surface area contributed by atoms with Crippen LogP contribution in [-0.2, 0) is 6.54 Å². The van der Waals surface area contributed by atoms with Gasteiger partial charge in [-0.3, -0.25) is 9.78 Å². The zero-order valence-electron chi connectivity index (χ0n) is 10.8. The standard InChI is InChI=1S/C13H13N5O2/c1-7-4-9(20-18-7)6-15-13-16-11-3-2-8(14)5-10(11)12(19)17-13/h2-5H,6,14H2,1H3,(H2,15,16,17,19). The fraction of sp³-hybridized carbons (Fsp3) is 0.154. The summed E-state index contributed by atoms with van der Waals surface area (Å²) < 4.78 is 5.07. The second-order valence-electron chi connectivity index (χ2n) is 4.48. The van der Waals surface area contributed by atoms with E-state index in [0.29, 0.717) is 34.8 Å². The number of nitrogens with zero attached hydrogens (tertiary/aromatic N) is 2. The molecule has 7 heteroatoms. The molecule has 3 aromatic rings. The first-order valence-corrected chi connectivity index (χ1v) is 6.07. The van der Waals surface area contributed by atoms with Crippen LogP contribution >= 0.6 is 0 Å². The first-order valence-electron chi connectivity index (χ1n) is 6.07. The Labute approximate surface area is 113 Å². The maximum absolute atomic E-state index is 11.9. The minimum atomic E-state index is -0.237. The van der Waals surface area contributed by atoms with E-state index in [9.17, 15) is 4.79 Å². The largest absolute Gasteiger partial charge is 0.399 e. The Hall–Kier alpha value is -2.83. The predicted octanol–water partition coefficient (Wildman–Crippen LogP) is 1.41. The van der Waals surface area contributed by atoms with Crippen LogP contribution < -0.4 is 16.6 Å². The van der Waals surface area contributed by atoms with Crippen LogP contribution in [0.1, 0.15) is 11.5 Å². The highest BCUT2D eigenvalue weighted by atomic mass is 16.5. The zero-order valence-corrected chi connectivity index (χ0v) is 10.8. The highest BCUT2D eigenvalue weighted by molar-refractivity contribution is 5.81. The molecule has 0 saturated carbocycles. The SMILES string of the molecule is Cc1cc(CNc2nc3ccc(N)cc3c(=O)[nH]2)on1. The summed E-state index contributed by atoms with van der Waals surface area (Å²) >= 11 is 0. The van der Waals surface area contributed by atoms with E-state index in [4.69, 9.17) is 10.3 Å².